The van der Waals surface area contributed by atoms with Crippen LogP contribution < -0.4 is 10.6 Å². The van der Waals surface area contributed by atoms with Gasteiger partial charge in [-0.3, -0.25) is 9.59 Å². The standard InChI is InChI=1S/C11H12BrN3O3/c1-11(3-5-14-9(11)17)10(18)15-8-7(16)6(12)2-4-13-8/h2,4,16H,3,5H2,1H3,(H,14,17)(H,13,15,18). The van der Waals surface area contributed by atoms with Gasteiger partial charge in [-0.15, -0.1) is 0 Å². The summed E-state index contributed by atoms with van der Waals surface area (Å²) < 4.78 is 0.425. The number of rotatable bonds is 2. The van der Waals surface area contributed by atoms with Crippen LogP contribution in [0.2, 0.25) is 0 Å². The molecular weight excluding hydrogens is 302 g/mol. The van der Waals surface area contributed by atoms with Crippen molar-refractivity contribution in [3.05, 3.63) is 16.7 Å². The zero-order chi connectivity index (χ0) is 13.3. The maximum Gasteiger partial charge on any atom is 0.241 e. The number of aromatic nitrogens is 1. The number of carbonyl (C=O) groups excluding carboxylic acids is 2. The molecule has 1 unspecified atom stereocenters. The summed E-state index contributed by atoms with van der Waals surface area (Å²) in [6, 6.07) is 1.55. The smallest absolute Gasteiger partial charge is 0.241 e. The number of nitrogens with zero attached hydrogens (tertiary/aromatic N) is 1. The number of aromatic hydroxyl groups is 1. The van der Waals surface area contributed by atoms with Crippen molar-refractivity contribution in [1.82, 2.24) is 10.3 Å². The number of hydrogen-bond acceptors (Lipinski definition) is 4. The first kappa shape index (κ1) is 12.8. The second-order valence-electron chi connectivity index (χ2n) is 4.28. The number of carbonyl (C=O) groups is 2. The fourth-order valence-corrected chi connectivity index (χ4v) is 2.02. The SMILES string of the molecule is CC1(C(=O)Nc2nccc(Br)c2O)CCNC1=O. The fraction of sp³-hybridized carbons (Fsp3) is 0.364. The van der Waals surface area contributed by atoms with Crippen LogP contribution in [0.1, 0.15) is 13.3 Å². The fourth-order valence-electron chi connectivity index (χ4n) is 1.72. The Morgan fingerprint density at radius 1 is 1.67 bits per heavy atom. The Kier molecular flexibility index (Phi) is 3.25. The Morgan fingerprint density at radius 3 is 3.00 bits per heavy atom. The van der Waals surface area contributed by atoms with Crippen LogP contribution >= 0.6 is 15.9 Å². The number of halogens is 1. The lowest BCUT2D eigenvalue weighted by Gasteiger charge is -2.19. The first-order valence-corrected chi connectivity index (χ1v) is 6.17. The Bertz CT molecular complexity index is 520. The van der Waals surface area contributed by atoms with Gasteiger partial charge in [0, 0.05) is 12.7 Å². The van der Waals surface area contributed by atoms with Gasteiger partial charge >= 0.3 is 0 Å². The molecule has 18 heavy (non-hydrogen) atoms. The molecule has 3 N–H and O–H groups in total. The molecule has 7 heteroatoms. The highest BCUT2D eigenvalue weighted by Crippen LogP contribution is 2.32. The third-order valence-electron chi connectivity index (χ3n) is 3.02. The normalized spacial score (nSPS) is 22.7. The van der Waals surface area contributed by atoms with E-state index in [0.717, 1.165) is 0 Å². The van der Waals surface area contributed by atoms with Crippen molar-refractivity contribution in [1.29, 1.82) is 0 Å². The largest absolute Gasteiger partial charge is 0.503 e. The minimum Gasteiger partial charge on any atom is -0.503 e. The number of nitrogens with one attached hydrogen (secondary N) is 2. The van der Waals surface area contributed by atoms with E-state index in [-0.39, 0.29) is 17.5 Å². The predicted octanol–water partition coefficient (Wildman–Crippen LogP) is 1.01. The third kappa shape index (κ3) is 2.05. The van der Waals surface area contributed by atoms with Crippen molar-refractivity contribution in [2.75, 3.05) is 11.9 Å². The molecule has 1 saturated heterocycles. The van der Waals surface area contributed by atoms with Crippen LogP contribution in [0.25, 0.3) is 0 Å². The molecule has 0 bridgehead atoms. The highest BCUT2D eigenvalue weighted by atomic mass is 79.9. The maximum atomic E-state index is 12.1. The van der Waals surface area contributed by atoms with Gasteiger partial charge in [0.25, 0.3) is 0 Å². The topological polar surface area (TPSA) is 91.3 Å². The average Bonchev–Trinajstić information content (AvgIpc) is 2.67. The Labute approximate surface area is 112 Å². The van der Waals surface area contributed by atoms with Crippen molar-refractivity contribution in [2.24, 2.45) is 5.41 Å². The molecule has 2 amide bonds. The molecule has 1 aromatic rings. The first-order chi connectivity index (χ1) is 8.45. The van der Waals surface area contributed by atoms with E-state index in [1.54, 1.807) is 13.0 Å². The highest BCUT2D eigenvalue weighted by Gasteiger charge is 2.44. The molecule has 1 aromatic heterocycles. The quantitative estimate of drug-likeness (QED) is 0.711. The summed E-state index contributed by atoms with van der Waals surface area (Å²) in [5, 5.41) is 14.8. The molecule has 2 heterocycles. The molecule has 6 nitrogen and oxygen atoms in total. The number of amides is 2. The van der Waals surface area contributed by atoms with Crippen LogP contribution in [-0.2, 0) is 9.59 Å². The minimum absolute atomic E-state index is 0.0373. The molecular formula is C11H12BrN3O3. The molecule has 2 rings (SSSR count). The van der Waals surface area contributed by atoms with Crippen molar-refractivity contribution < 1.29 is 14.7 Å². The van der Waals surface area contributed by atoms with Crippen LogP contribution in [0.4, 0.5) is 5.82 Å². The van der Waals surface area contributed by atoms with E-state index in [2.05, 4.69) is 31.5 Å². The summed E-state index contributed by atoms with van der Waals surface area (Å²) in [5.74, 6) is -0.906. The van der Waals surface area contributed by atoms with Gasteiger partial charge in [-0.25, -0.2) is 4.98 Å². The van der Waals surface area contributed by atoms with E-state index in [4.69, 9.17) is 0 Å². The van der Waals surface area contributed by atoms with Crippen LogP contribution in [0.3, 0.4) is 0 Å². The van der Waals surface area contributed by atoms with Gasteiger partial charge in [0.2, 0.25) is 11.8 Å². The Hall–Kier alpha value is -1.63. The summed E-state index contributed by atoms with van der Waals surface area (Å²) in [4.78, 5) is 27.6. The molecule has 0 aromatic carbocycles. The Balaban J connectivity index is 2.22. The van der Waals surface area contributed by atoms with Crippen molar-refractivity contribution in [2.45, 2.75) is 13.3 Å². The van der Waals surface area contributed by atoms with Crippen molar-refractivity contribution in [3.8, 4) is 5.75 Å². The summed E-state index contributed by atoms with van der Waals surface area (Å²) in [7, 11) is 0. The van der Waals surface area contributed by atoms with Gasteiger partial charge in [-0.1, -0.05) is 0 Å². The summed E-state index contributed by atoms with van der Waals surface area (Å²) >= 11 is 3.12. The first-order valence-electron chi connectivity index (χ1n) is 5.38. The van der Waals surface area contributed by atoms with Crippen LogP contribution in [0.5, 0.6) is 5.75 Å². The molecule has 0 saturated carbocycles. The molecule has 1 aliphatic heterocycles. The van der Waals surface area contributed by atoms with Gasteiger partial charge in [0.1, 0.15) is 5.41 Å². The second-order valence-corrected chi connectivity index (χ2v) is 5.14. The summed E-state index contributed by atoms with van der Waals surface area (Å²) in [6.45, 7) is 2.04. The van der Waals surface area contributed by atoms with E-state index in [1.165, 1.54) is 6.20 Å². The lowest BCUT2D eigenvalue weighted by molar-refractivity contribution is -0.136. The maximum absolute atomic E-state index is 12.1. The average molecular weight is 314 g/mol. The number of hydrogen-bond donors (Lipinski definition) is 3. The molecule has 1 fully saturated rings. The zero-order valence-electron chi connectivity index (χ0n) is 9.66. The lowest BCUT2D eigenvalue weighted by Crippen LogP contribution is -2.40. The predicted molar refractivity (Wildman–Crippen MR) is 68.0 cm³/mol. The highest BCUT2D eigenvalue weighted by molar-refractivity contribution is 9.10. The molecule has 96 valence electrons. The zero-order valence-corrected chi connectivity index (χ0v) is 11.2. The van der Waals surface area contributed by atoms with Crippen LogP contribution in [0, 0.1) is 5.41 Å². The molecule has 0 spiro atoms. The van der Waals surface area contributed by atoms with Crippen molar-refractivity contribution in [3.63, 3.8) is 0 Å². The van der Waals surface area contributed by atoms with Gasteiger partial charge in [0.05, 0.1) is 4.47 Å². The lowest BCUT2D eigenvalue weighted by atomic mass is 9.88. The second kappa shape index (κ2) is 4.56. The van der Waals surface area contributed by atoms with E-state index in [0.29, 0.717) is 17.4 Å². The molecule has 1 atom stereocenters. The van der Waals surface area contributed by atoms with Gasteiger partial charge in [-0.05, 0) is 35.3 Å². The minimum atomic E-state index is -1.11. The van der Waals surface area contributed by atoms with E-state index >= 15 is 0 Å². The number of anilines is 1. The van der Waals surface area contributed by atoms with Crippen LogP contribution in [0.15, 0.2) is 16.7 Å². The Morgan fingerprint density at radius 2 is 2.39 bits per heavy atom. The number of pyridine rings is 1. The van der Waals surface area contributed by atoms with Gasteiger partial charge in [0.15, 0.2) is 11.6 Å². The molecule has 1 aliphatic rings. The molecule has 0 aliphatic carbocycles. The monoisotopic (exact) mass is 313 g/mol. The summed E-state index contributed by atoms with van der Waals surface area (Å²) in [5.41, 5.74) is -1.11. The van der Waals surface area contributed by atoms with E-state index < -0.39 is 11.3 Å². The summed E-state index contributed by atoms with van der Waals surface area (Å²) in [6.07, 6.45) is 1.86. The molecule has 0 radical (unpaired) electrons. The van der Waals surface area contributed by atoms with Gasteiger partial charge < -0.3 is 15.7 Å². The van der Waals surface area contributed by atoms with E-state index in [1.807, 2.05) is 0 Å². The van der Waals surface area contributed by atoms with E-state index in [9.17, 15) is 14.7 Å². The van der Waals surface area contributed by atoms with Crippen LogP contribution in [-0.4, -0.2) is 28.4 Å². The van der Waals surface area contributed by atoms with Gasteiger partial charge in [-0.2, -0.15) is 0 Å². The third-order valence-corrected chi connectivity index (χ3v) is 3.66. The van der Waals surface area contributed by atoms with Crippen molar-refractivity contribution >= 4 is 33.6 Å².